The Kier molecular flexibility index (Phi) is 3.54. The van der Waals surface area contributed by atoms with Crippen LogP contribution in [0.15, 0.2) is 29.4 Å². The summed E-state index contributed by atoms with van der Waals surface area (Å²) >= 11 is 0. The molecule has 1 aromatic rings. The Labute approximate surface area is 100 Å². The molecule has 0 aliphatic carbocycles. The summed E-state index contributed by atoms with van der Waals surface area (Å²) in [6.45, 7) is 1.77. The van der Waals surface area contributed by atoms with Crippen molar-refractivity contribution in [2.75, 3.05) is 0 Å². The Morgan fingerprint density at radius 3 is 2.59 bits per heavy atom. The monoisotopic (exact) mass is 232 g/mol. The molecule has 0 bridgehead atoms. The Hall–Kier alpha value is -1.68. The van der Waals surface area contributed by atoms with Gasteiger partial charge in [-0.2, -0.15) is 5.10 Å². The normalized spacial score (nSPS) is 17.3. The number of hydrogen-bond acceptors (Lipinski definition) is 3. The summed E-state index contributed by atoms with van der Waals surface area (Å²) in [7, 11) is 0. The van der Waals surface area contributed by atoms with E-state index in [1.165, 1.54) is 0 Å². The van der Waals surface area contributed by atoms with Crippen molar-refractivity contribution in [2.24, 2.45) is 5.10 Å². The fraction of sp³-hybridized carbons (Fsp3) is 0.385. The van der Waals surface area contributed by atoms with Gasteiger partial charge in [-0.1, -0.05) is 24.3 Å². The zero-order chi connectivity index (χ0) is 12.3. The fourth-order valence-electron chi connectivity index (χ4n) is 1.86. The van der Waals surface area contributed by atoms with E-state index >= 15 is 0 Å². The summed E-state index contributed by atoms with van der Waals surface area (Å²) in [5.74, 6) is -0.0283. The third-order valence-corrected chi connectivity index (χ3v) is 2.72. The molecular formula is C13H16N2O2. The van der Waals surface area contributed by atoms with Gasteiger partial charge in [0.15, 0.2) is 0 Å². The van der Waals surface area contributed by atoms with E-state index in [-0.39, 0.29) is 12.0 Å². The second kappa shape index (κ2) is 5.10. The van der Waals surface area contributed by atoms with Crippen LogP contribution in [-0.2, 0) is 11.2 Å². The molecule has 1 amide bonds. The summed E-state index contributed by atoms with van der Waals surface area (Å²) in [4.78, 5) is 11.0. The molecule has 1 heterocycles. The first-order chi connectivity index (χ1) is 8.15. The molecule has 2 N–H and O–H groups in total. The van der Waals surface area contributed by atoms with Crippen LogP contribution in [0.4, 0.5) is 0 Å². The number of nitrogens with zero attached hydrogens (tertiary/aromatic N) is 1. The lowest BCUT2D eigenvalue weighted by molar-refractivity contribution is -0.121. The largest absolute Gasteiger partial charge is 0.393 e. The third kappa shape index (κ3) is 3.14. The van der Waals surface area contributed by atoms with Crippen molar-refractivity contribution in [2.45, 2.75) is 32.3 Å². The Bertz CT molecular complexity index is 435. The van der Waals surface area contributed by atoms with Gasteiger partial charge in [-0.3, -0.25) is 4.79 Å². The van der Waals surface area contributed by atoms with Crippen LogP contribution in [0.25, 0.3) is 0 Å². The van der Waals surface area contributed by atoms with Gasteiger partial charge in [-0.05, 0) is 24.5 Å². The maximum atomic E-state index is 11.0. The molecule has 4 heteroatoms. The molecule has 1 aliphatic rings. The van der Waals surface area contributed by atoms with Crippen molar-refractivity contribution in [3.05, 3.63) is 35.4 Å². The number of amides is 1. The minimum atomic E-state index is -0.327. The van der Waals surface area contributed by atoms with Gasteiger partial charge in [0.25, 0.3) is 0 Å². The summed E-state index contributed by atoms with van der Waals surface area (Å²) in [6, 6.07) is 7.93. The highest BCUT2D eigenvalue weighted by atomic mass is 16.3. The van der Waals surface area contributed by atoms with E-state index in [2.05, 4.69) is 10.5 Å². The zero-order valence-corrected chi connectivity index (χ0v) is 9.81. The van der Waals surface area contributed by atoms with Crippen LogP contribution in [0.2, 0.25) is 0 Å². The van der Waals surface area contributed by atoms with Crippen LogP contribution >= 0.6 is 0 Å². The predicted octanol–water partition coefficient (Wildman–Crippen LogP) is 1.22. The lowest BCUT2D eigenvalue weighted by atomic mass is 10.0. The number of aliphatic hydroxyl groups is 1. The highest BCUT2D eigenvalue weighted by molar-refractivity contribution is 6.04. The third-order valence-electron chi connectivity index (χ3n) is 2.72. The van der Waals surface area contributed by atoms with Crippen molar-refractivity contribution in [1.29, 1.82) is 0 Å². The van der Waals surface area contributed by atoms with Gasteiger partial charge in [0.1, 0.15) is 0 Å². The number of rotatable bonds is 3. The fourth-order valence-corrected chi connectivity index (χ4v) is 1.86. The standard InChI is InChI=1S/C13H16N2O2/c1-9(16)8-10-2-4-11(5-3-10)12-6-7-13(17)15-14-12/h2-5,9,16H,6-8H2,1H3,(H,15,17). The molecule has 1 unspecified atom stereocenters. The zero-order valence-electron chi connectivity index (χ0n) is 9.81. The molecule has 1 aliphatic heterocycles. The molecule has 0 fully saturated rings. The van der Waals surface area contributed by atoms with E-state index in [1.807, 2.05) is 24.3 Å². The van der Waals surface area contributed by atoms with Crippen LogP contribution in [0.5, 0.6) is 0 Å². The van der Waals surface area contributed by atoms with Crippen LogP contribution < -0.4 is 5.43 Å². The lowest BCUT2D eigenvalue weighted by Gasteiger charge is -2.12. The van der Waals surface area contributed by atoms with E-state index < -0.39 is 0 Å². The molecule has 4 nitrogen and oxygen atoms in total. The highest BCUT2D eigenvalue weighted by Gasteiger charge is 2.12. The molecular weight excluding hydrogens is 216 g/mol. The molecule has 0 saturated heterocycles. The predicted molar refractivity (Wildman–Crippen MR) is 65.7 cm³/mol. The Balaban J connectivity index is 2.10. The molecule has 2 rings (SSSR count). The van der Waals surface area contributed by atoms with Gasteiger partial charge in [0.2, 0.25) is 5.91 Å². The summed E-state index contributed by atoms with van der Waals surface area (Å²) < 4.78 is 0. The lowest BCUT2D eigenvalue weighted by Crippen LogP contribution is -2.25. The van der Waals surface area contributed by atoms with Crippen LogP contribution in [-0.4, -0.2) is 22.8 Å². The number of benzene rings is 1. The summed E-state index contributed by atoms with van der Waals surface area (Å²) in [6.07, 6.45) is 1.51. The van der Waals surface area contributed by atoms with E-state index in [0.717, 1.165) is 16.8 Å². The topological polar surface area (TPSA) is 61.7 Å². The van der Waals surface area contributed by atoms with Crippen molar-refractivity contribution in [3.63, 3.8) is 0 Å². The number of hydrogen-bond donors (Lipinski definition) is 2. The highest BCUT2D eigenvalue weighted by Crippen LogP contribution is 2.12. The van der Waals surface area contributed by atoms with Crippen molar-refractivity contribution in [1.82, 2.24) is 5.43 Å². The van der Waals surface area contributed by atoms with Gasteiger partial charge < -0.3 is 5.11 Å². The second-order valence-corrected chi connectivity index (χ2v) is 4.34. The molecule has 90 valence electrons. The van der Waals surface area contributed by atoms with Crippen LogP contribution in [0, 0.1) is 0 Å². The number of aliphatic hydroxyl groups excluding tert-OH is 1. The number of carbonyl (C=O) groups is 1. The first kappa shape index (κ1) is 11.8. The molecule has 0 saturated carbocycles. The van der Waals surface area contributed by atoms with E-state index in [1.54, 1.807) is 6.92 Å². The quantitative estimate of drug-likeness (QED) is 0.823. The average molecular weight is 232 g/mol. The van der Waals surface area contributed by atoms with Gasteiger partial charge in [-0.15, -0.1) is 0 Å². The first-order valence-corrected chi connectivity index (χ1v) is 5.78. The number of hydrazone groups is 1. The van der Waals surface area contributed by atoms with E-state index in [4.69, 9.17) is 0 Å². The van der Waals surface area contributed by atoms with Gasteiger partial charge in [-0.25, -0.2) is 5.43 Å². The van der Waals surface area contributed by atoms with E-state index in [0.29, 0.717) is 19.3 Å². The van der Waals surface area contributed by atoms with Crippen molar-refractivity contribution >= 4 is 11.6 Å². The maximum absolute atomic E-state index is 11.0. The molecule has 0 spiro atoms. The van der Waals surface area contributed by atoms with Gasteiger partial charge in [0, 0.05) is 12.8 Å². The van der Waals surface area contributed by atoms with Crippen LogP contribution in [0.3, 0.4) is 0 Å². The Morgan fingerprint density at radius 1 is 1.35 bits per heavy atom. The van der Waals surface area contributed by atoms with Gasteiger partial charge in [0.05, 0.1) is 11.8 Å². The van der Waals surface area contributed by atoms with Crippen LogP contribution in [0.1, 0.15) is 30.9 Å². The molecule has 1 atom stereocenters. The minimum Gasteiger partial charge on any atom is -0.393 e. The summed E-state index contributed by atoms with van der Waals surface area (Å²) in [5.41, 5.74) is 5.53. The number of nitrogens with one attached hydrogen (secondary N) is 1. The van der Waals surface area contributed by atoms with Crippen molar-refractivity contribution in [3.8, 4) is 0 Å². The Morgan fingerprint density at radius 2 is 2.06 bits per heavy atom. The molecule has 17 heavy (non-hydrogen) atoms. The molecule has 0 radical (unpaired) electrons. The van der Waals surface area contributed by atoms with Gasteiger partial charge >= 0.3 is 0 Å². The van der Waals surface area contributed by atoms with E-state index in [9.17, 15) is 9.90 Å². The average Bonchev–Trinajstić information content (AvgIpc) is 2.30. The van der Waals surface area contributed by atoms with Crippen molar-refractivity contribution < 1.29 is 9.90 Å². The minimum absolute atomic E-state index is 0.0283. The number of carbonyl (C=O) groups excluding carboxylic acids is 1. The second-order valence-electron chi connectivity index (χ2n) is 4.34. The molecule has 1 aromatic carbocycles. The SMILES string of the molecule is CC(O)Cc1ccc(C2=NNC(=O)CC2)cc1. The molecule has 0 aromatic heterocycles. The smallest absolute Gasteiger partial charge is 0.240 e. The maximum Gasteiger partial charge on any atom is 0.240 e. The first-order valence-electron chi connectivity index (χ1n) is 5.78. The summed E-state index contributed by atoms with van der Waals surface area (Å²) in [5, 5.41) is 13.3.